The standard InChI is InChI=1S/C12H20N2/c1-6-10-11(12(4,5)7-2)14(8-3)9-13-10/h6,9H,1,7-8H2,2-5H3. The smallest absolute Gasteiger partial charge is 0.0955 e. The molecule has 2 heteroatoms. The van der Waals surface area contributed by atoms with Crippen LogP contribution in [0.2, 0.25) is 0 Å². The highest BCUT2D eigenvalue weighted by atomic mass is 15.1. The lowest BCUT2D eigenvalue weighted by Gasteiger charge is -2.25. The van der Waals surface area contributed by atoms with Crippen LogP contribution in [-0.4, -0.2) is 9.55 Å². The minimum atomic E-state index is 0.177. The van der Waals surface area contributed by atoms with Gasteiger partial charge in [0.2, 0.25) is 0 Å². The van der Waals surface area contributed by atoms with Crippen molar-refractivity contribution in [2.24, 2.45) is 0 Å². The molecule has 0 amide bonds. The third-order valence-corrected chi connectivity index (χ3v) is 2.93. The van der Waals surface area contributed by atoms with Crippen LogP contribution in [0.5, 0.6) is 0 Å². The van der Waals surface area contributed by atoms with Crippen LogP contribution in [0.4, 0.5) is 0 Å². The van der Waals surface area contributed by atoms with Crippen LogP contribution in [-0.2, 0) is 12.0 Å². The topological polar surface area (TPSA) is 17.8 Å². The van der Waals surface area contributed by atoms with Crippen LogP contribution in [0.1, 0.15) is 45.5 Å². The Morgan fingerprint density at radius 2 is 2.14 bits per heavy atom. The van der Waals surface area contributed by atoms with Crippen LogP contribution in [0.25, 0.3) is 6.08 Å². The minimum absolute atomic E-state index is 0.177. The number of hydrogen-bond acceptors (Lipinski definition) is 1. The first-order chi connectivity index (χ1) is 6.56. The largest absolute Gasteiger partial charge is 0.334 e. The minimum Gasteiger partial charge on any atom is -0.334 e. The normalized spacial score (nSPS) is 11.7. The molecular weight excluding hydrogens is 172 g/mol. The van der Waals surface area contributed by atoms with Gasteiger partial charge in [-0.3, -0.25) is 0 Å². The molecule has 0 aliphatic carbocycles. The second kappa shape index (κ2) is 3.99. The fourth-order valence-corrected chi connectivity index (χ4v) is 1.69. The van der Waals surface area contributed by atoms with Crippen molar-refractivity contribution in [3.05, 3.63) is 24.3 Å². The molecule has 0 saturated heterocycles. The van der Waals surface area contributed by atoms with Gasteiger partial charge in [0.15, 0.2) is 0 Å². The van der Waals surface area contributed by atoms with E-state index < -0.39 is 0 Å². The lowest BCUT2D eigenvalue weighted by atomic mass is 9.85. The van der Waals surface area contributed by atoms with Crippen molar-refractivity contribution in [3.8, 4) is 0 Å². The summed E-state index contributed by atoms with van der Waals surface area (Å²) in [6, 6.07) is 0. The van der Waals surface area contributed by atoms with E-state index in [9.17, 15) is 0 Å². The van der Waals surface area contributed by atoms with Gasteiger partial charge in [-0.15, -0.1) is 0 Å². The fraction of sp³-hybridized carbons (Fsp3) is 0.583. The predicted octanol–water partition coefficient (Wildman–Crippen LogP) is 3.23. The van der Waals surface area contributed by atoms with Crippen LogP contribution < -0.4 is 0 Å². The summed E-state index contributed by atoms with van der Waals surface area (Å²) in [5.41, 5.74) is 2.51. The van der Waals surface area contributed by atoms with E-state index in [0.717, 1.165) is 18.7 Å². The van der Waals surface area contributed by atoms with Crippen LogP contribution in [0, 0.1) is 0 Å². The Bertz CT molecular complexity index is 321. The van der Waals surface area contributed by atoms with Crippen LogP contribution >= 0.6 is 0 Å². The summed E-state index contributed by atoms with van der Waals surface area (Å²) in [5.74, 6) is 0. The Morgan fingerprint density at radius 3 is 2.57 bits per heavy atom. The highest BCUT2D eigenvalue weighted by Crippen LogP contribution is 2.29. The molecule has 0 aromatic carbocycles. The second-order valence-corrected chi connectivity index (χ2v) is 4.21. The molecule has 78 valence electrons. The fourth-order valence-electron chi connectivity index (χ4n) is 1.69. The van der Waals surface area contributed by atoms with E-state index in [1.165, 1.54) is 5.69 Å². The molecule has 1 heterocycles. The zero-order chi connectivity index (χ0) is 10.8. The first kappa shape index (κ1) is 11.0. The predicted molar refractivity (Wildman–Crippen MR) is 61.3 cm³/mol. The Morgan fingerprint density at radius 1 is 1.50 bits per heavy atom. The SMILES string of the molecule is C=Cc1ncn(CC)c1C(C)(C)CC. The maximum Gasteiger partial charge on any atom is 0.0955 e. The number of hydrogen-bond donors (Lipinski definition) is 0. The molecule has 1 aromatic heterocycles. The molecule has 0 aliphatic heterocycles. The monoisotopic (exact) mass is 192 g/mol. The van der Waals surface area contributed by atoms with E-state index in [1.54, 1.807) is 0 Å². The summed E-state index contributed by atoms with van der Waals surface area (Å²) in [4.78, 5) is 4.36. The lowest BCUT2D eigenvalue weighted by Crippen LogP contribution is -2.21. The Hall–Kier alpha value is -1.05. The van der Waals surface area contributed by atoms with E-state index in [1.807, 2.05) is 12.4 Å². The van der Waals surface area contributed by atoms with E-state index in [4.69, 9.17) is 0 Å². The summed E-state index contributed by atoms with van der Waals surface area (Å²) >= 11 is 0. The van der Waals surface area contributed by atoms with E-state index in [-0.39, 0.29) is 5.41 Å². The Kier molecular flexibility index (Phi) is 3.14. The van der Waals surface area contributed by atoms with Gasteiger partial charge < -0.3 is 4.57 Å². The highest BCUT2D eigenvalue weighted by Gasteiger charge is 2.25. The van der Waals surface area contributed by atoms with Crippen molar-refractivity contribution in [2.75, 3.05) is 0 Å². The first-order valence-corrected chi connectivity index (χ1v) is 5.24. The summed E-state index contributed by atoms with van der Waals surface area (Å²) in [6.07, 6.45) is 4.86. The van der Waals surface area contributed by atoms with Gasteiger partial charge in [-0.25, -0.2) is 4.98 Å². The van der Waals surface area contributed by atoms with Crippen molar-refractivity contribution in [1.29, 1.82) is 0 Å². The Balaban J connectivity index is 3.27. The molecule has 2 nitrogen and oxygen atoms in total. The summed E-state index contributed by atoms with van der Waals surface area (Å²) in [7, 11) is 0. The van der Waals surface area contributed by atoms with Crippen molar-refractivity contribution in [3.63, 3.8) is 0 Å². The van der Waals surface area contributed by atoms with Crippen molar-refractivity contribution < 1.29 is 0 Å². The van der Waals surface area contributed by atoms with Gasteiger partial charge in [0.1, 0.15) is 0 Å². The van der Waals surface area contributed by atoms with Crippen LogP contribution in [0.15, 0.2) is 12.9 Å². The zero-order valence-corrected chi connectivity index (χ0v) is 9.67. The van der Waals surface area contributed by atoms with Crippen molar-refractivity contribution >= 4 is 6.08 Å². The number of imidazole rings is 1. The summed E-state index contributed by atoms with van der Waals surface area (Å²) in [6.45, 7) is 13.6. The molecule has 0 fully saturated rings. The molecule has 1 rings (SSSR count). The van der Waals surface area contributed by atoms with E-state index in [0.29, 0.717) is 0 Å². The molecule has 0 spiro atoms. The molecular formula is C12H20N2. The maximum atomic E-state index is 4.36. The van der Waals surface area contributed by atoms with Gasteiger partial charge >= 0.3 is 0 Å². The number of nitrogens with zero attached hydrogens (tertiary/aromatic N) is 2. The summed E-state index contributed by atoms with van der Waals surface area (Å²) < 4.78 is 2.21. The quantitative estimate of drug-likeness (QED) is 0.716. The number of aromatic nitrogens is 2. The average Bonchev–Trinajstić information content (AvgIpc) is 2.61. The van der Waals surface area contributed by atoms with Crippen molar-refractivity contribution in [1.82, 2.24) is 9.55 Å². The van der Waals surface area contributed by atoms with Gasteiger partial charge in [0.05, 0.1) is 17.7 Å². The third-order valence-electron chi connectivity index (χ3n) is 2.93. The molecule has 0 unspecified atom stereocenters. The van der Waals surface area contributed by atoms with Crippen molar-refractivity contribution in [2.45, 2.75) is 46.1 Å². The van der Waals surface area contributed by atoms with Gasteiger partial charge in [-0.2, -0.15) is 0 Å². The highest BCUT2D eigenvalue weighted by molar-refractivity contribution is 5.47. The van der Waals surface area contributed by atoms with Gasteiger partial charge in [-0.1, -0.05) is 27.4 Å². The first-order valence-electron chi connectivity index (χ1n) is 5.24. The van der Waals surface area contributed by atoms with Gasteiger partial charge in [0.25, 0.3) is 0 Å². The third kappa shape index (κ3) is 1.74. The van der Waals surface area contributed by atoms with Gasteiger partial charge in [0, 0.05) is 12.0 Å². The lowest BCUT2D eigenvalue weighted by molar-refractivity contribution is 0.462. The molecule has 0 bridgehead atoms. The van der Waals surface area contributed by atoms with E-state index in [2.05, 4.69) is 43.8 Å². The molecule has 0 aliphatic rings. The van der Waals surface area contributed by atoms with Gasteiger partial charge in [-0.05, 0) is 19.4 Å². The van der Waals surface area contributed by atoms with Crippen LogP contribution in [0.3, 0.4) is 0 Å². The second-order valence-electron chi connectivity index (χ2n) is 4.21. The summed E-state index contributed by atoms with van der Waals surface area (Å²) in [5, 5.41) is 0. The average molecular weight is 192 g/mol. The molecule has 14 heavy (non-hydrogen) atoms. The molecule has 0 atom stereocenters. The zero-order valence-electron chi connectivity index (χ0n) is 9.67. The maximum absolute atomic E-state index is 4.36. The molecule has 0 saturated carbocycles. The molecule has 0 radical (unpaired) electrons. The Labute approximate surface area is 86.7 Å². The number of rotatable bonds is 4. The van der Waals surface area contributed by atoms with E-state index >= 15 is 0 Å². The molecule has 0 N–H and O–H groups in total. The number of aryl methyl sites for hydroxylation is 1. The molecule has 1 aromatic rings.